The summed E-state index contributed by atoms with van der Waals surface area (Å²) in [5, 5.41) is 6.75. The van der Waals surface area contributed by atoms with Gasteiger partial charge in [-0.05, 0) is 45.7 Å². The maximum absolute atomic E-state index is 12.4. The van der Waals surface area contributed by atoms with Crippen molar-refractivity contribution in [1.82, 2.24) is 19.6 Å². The van der Waals surface area contributed by atoms with Gasteiger partial charge in [-0.25, -0.2) is 0 Å². The molecule has 1 aromatic rings. The Balaban J connectivity index is 1.56. The Morgan fingerprint density at radius 1 is 1.26 bits per heavy atom. The molecule has 3 rings (SSSR count). The highest BCUT2D eigenvalue weighted by Gasteiger charge is 2.31. The van der Waals surface area contributed by atoms with Crippen LogP contribution in [0, 0.1) is 0 Å². The summed E-state index contributed by atoms with van der Waals surface area (Å²) in [5.41, 5.74) is 0.568. The highest BCUT2D eigenvalue weighted by molar-refractivity contribution is 6.39. The van der Waals surface area contributed by atoms with Gasteiger partial charge in [0, 0.05) is 31.9 Å². The number of hydrogen-bond donors (Lipinski definition) is 1. The van der Waals surface area contributed by atoms with Crippen molar-refractivity contribution in [3.63, 3.8) is 0 Å². The van der Waals surface area contributed by atoms with Gasteiger partial charge in [0.2, 0.25) is 0 Å². The first-order valence-corrected chi connectivity index (χ1v) is 8.54. The van der Waals surface area contributed by atoms with Crippen molar-refractivity contribution in [2.45, 2.75) is 45.2 Å². The molecule has 1 atom stereocenters. The van der Waals surface area contributed by atoms with Crippen molar-refractivity contribution in [3.8, 4) is 0 Å². The van der Waals surface area contributed by atoms with Gasteiger partial charge in [0.1, 0.15) is 0 Å². The smallest absolute Gasteiger partial charge is 0.313 e. The van der Waals surface area contributed by atoms with E-state index in [-0.39, 0.29) is 0 Å². The van der Waals surface area contributed by atoms with Gasteiger partial charge in [0.05, 0.1) is 11.9 Å². The Kier molecular flexibility index (Phi) is 4.95. The predicted octanol–water partition coefficient (Wildman–Crippen LogP) is 0.928. The molecule has 0 aromatic carbocycles. The van der Waals surface area contributed by atoms with Crippen LogP contribution in [0.3, 0.4) is 0 Å². The van der Waals surface area contributed by atoms with E-state index in [1.165, 1.54) is 12.8 Å². The lowest BCUT2D eigenvalue weighted by molar-refractivity contribution is -0.144. The molecule has 0 bridgehead atoms. The fraction of sp³-hybridized carbons (Fsp3) is 0.688. The van der Waals surface area contributed by atoms with E-state index in [0.717, 1.165) is 32.5 Å². The summed E-state index contributed by atoms with van der Waals surface area (Å²) in [7, 11) is 0. The van der Waals surface area contributed by atoms with Gasteiger partial charge in [-0.3, -0.25) is 19.2 Å². The van der Waals surface area contributed by atoms with E-state index in [1.807, 2.05) is 6.92 Å². The molecule has 7 nitrogen and oxygen atoms in total. The molecule has 0 aliphatic carbocycles. The summed E-state index contributed by atoms with van der Waals surface area (Å²) >= 11 is 0. The average molecular weight is 319 g/mol. The van der Waals surface area contributed by atoms with Crippen molar-refractivity contribution in [2.75, 3.05) is 31.5 Å². The zero-order valence-electron chi connectivity index (χ0n) is 13.7. The maximum atomic E-state index is 12.4. The molecule has 7 heteroatoms. The highest BCUT2D eigenvalue weighted by atomic mass is 16.2. The van der Waals surface area contributed by atoms with Crippen LogP contribution >= 0.6 is 0 Å². The number of carbonyl (C=O) groups excluding carboxylic acids is 2. The molecular formula is C16H25N5O2. The maximum Gasteiger partial charge on any atom is 0.313 e. The summed E-state index contributed by atoms with van der Waals surface area (Å²) in [4.78, 5) is 28.8. The number of rotatable bonds is 3. The molecule has 1 aromatic heterocycles. The van der Waals surface area contributed by atoms with Crippen molar-refractivity contribution in [1.29, 1.82) is 0 Å². The Morgan fingerprint density at radius 3 is 2.74 bits per heavy atom. The molecule has 0 spiro atoms. The quantitative estimate of drug-likeness (QED) is 0.842. The number of anilines is 1. The van der Waals surface area contributed by atoms with Crippen LogP contribution in [0.2, 0.25) is 0 Å². The lowest BCUT2D eigenvalue weighted by Crippen LogP contribution is -2.51. The summed E-state index contributed by atoms with van der Waals surface area (Å²) in [6.07, 6.45) is 7.87. The first kappa shape index (κ1) is 16.0. The largest absolute Gasteiger partial charge is 0.333 e. The van der Waals surface area contributed by atoms with Crippen LogP contribution in [0.15, 0.2) is 12.4 Å². The molecule has 23 heavy (non-hydrogen) atoms. The third-order valence-corrected chi connectivity index (χ3v) is 4.75. The Bertz CT molecular complexity index is 565. The number of likely N-dealkylation sites (tertiary alicyclic amines) is 2. The second-order valence-electron chi connectivity index (χ2n) is 6.33. The van der Waals surface area contributed by atoms with Crippen LogP contribution in [0.1, 0.15) is 32.6 Å². The molecule has 1 N–H and O–H groups in total. The van der Waals surface area contributed by atoms with Crippen molar-refractivity contribution < 1.29 is 9.59 Å². The Morgan fingerprint density at radius 2 is 2.04 bits per heavy atom. The van der Waals surface area contributed by atoms with Crippen molar-refractivity contribution >= 4 is 17.5 Å². The lowest BCUT2D eigenvalue weighted by atomic mass is 10.0. The minimum atomic E-state index is -0.567. The number of aryl methyl sites for hydroxylation is 1. The van der Waals surface area contributed by atoms with E-state index >= 15 is 0 Å². The second-order valence-corrected chi connectivity index (χ2v) is 6.33. The molecule has 0 radical (unpaired) electrons. The van der Waals surface area contributed by atoms with E-state index in [0.29, 0.717) is 24.8 Å². The van der Waals surface area contributed by atoms with Crippen LogP contribution < -0.4 is 5.32 Å². The Labute approximate surface area is 136 Å². The molecule has 0 saturated carbocycles. The first-order valence-electron chi connectivity index (χ1n) is 8.54. The number of carbonyl (C=O) groups is 2. The third-order valence-electron chi connectivity index (χ3n) is 4.75. The molecule has 2 fully saturated rings. The van der Waals surface area contributed by atoms with Crippen molar-refractivity contribution in [2.24, 2.45) is 0 Å². The van der Waals surface area contributed by atoms with Gasteiger partial charge in [-0.15, -0.1) is 0 Å². The molecule has 2 aliphatic heterocycles. The summed E-state index contributed by atoms with van der Waals surface area (Å²) in [6, 6.07) is 0.408. The van der Waals surface area contributed by atoms with E-state index in [9.17, 15) is 9.59 Å². The standard InChI is InChI=1S/C16H25N5O2/c1-2-21-11-13(10-17-21)18-15(22)16(23)20-9-5-6-14(12-20)19-7-3-4-8-19/h10-11,14H,2-9,12H2,1H3,(H,18,22)/t14-/m1/s1. The molecule has 3 heterocycles. The number of aromatic nitrogens is 2. The number of nitrogens with one attached hydrogen (secondary N) is 1. The van der Waals surface area contributed by atoms with Gasteiger partial charge in [-0.1, -0.05) is 0 Å². The summed E-state index contributed by atoms with van der Waals surface area (Å²) < 4.78 is 1.71. The number of amides is 2. The van der Waals surface area contributed by atoms with E-state index < -0.39 is 11.8 Å². The lowest BCUT2D eigenvalue weighted by Gasteiger charge is -2.37. The fourth-order valence-electron chi connectivity index (χ4n) is 3.47. The minimum Gasteiger partial charge on any atom is -0.333 e. The summed E-state index contributed by atoms with van der Waals surface area (Å²) in [5.74, 6) is -0.999. The monoisotopic (exact) mass is 319 g/mol. The predicted molar refractivity (Wildman–Crippen MR) is 86.9 cm³/mol. The fourth-order valence-corrected chi connectivity index (χ4v) is 3.47. The van der Waals surface area contributed by atoms with Crippen LogP contribution in [0.25, 0.3) is 0 Å². The molecule has 0 unspecified atom stereocenters. The molecule has 2 amide bonds. The van der Waals surface area contributed by atoms with E-state index in [1.54, 1.807) is 22.0 Å². The van der Waals surface area contributed by atoms with Crippen LogP contribution in [-0.4, -0.2) is 63.6 Å². The highest BCUT2D eigenvalue weighted by Crippen LogP contribution is 2.20. The Hall–Kier alpha value is -1.89. The average Bonchev–Trinajstić information content (AvgIpc) is 3.25. The zero-order valence-corrected chi connectivity index (χ0v) is 13.7. The first-order chi connectivity index (χ1) is 11.2. The SMILES string of the molecule is CCn1cc(NC(=O)C(=O)N2CCC[C@@H](N3CCCC3)C2)cn1. The number of hydrogen-bond acceptors (Lipinski definition) is 4. The molecule has 126 valence electrons. The normalized spacial score (nSPS) is 22.3. The topological polar surface area (TPSA) is 70.5 Å². The van der Waals surface area contributed by atoms with E-state index in [4.69, 9.17) is 0 Å². The molecular weight excluding hydrogens is 294 g/mol. The minimum absolute atomic E-state index is 0.408. The number of piperidine rings is 1. The van der Waals surface area contributed by atoms with Gasteiger partial charge < -0.3 is 10.2 Å². The van der Waals surface area contributed by atoms with Gasteiger partial charge in [0.25, 0.3) is 0 Å². The van der Waals surface area contributed by atoms with Crippen molar-refractivity contribution in [3.05, 3.63) is 12.4 Å². The van der Waals surface area contributed by atoms with Crippen LogP contribution in [0.5, 0.6) is 0 Å². The second kappa shape index (κ2) is 7.12. The molecule has 2 aliphatic rings. The van der Waals surface area contributed by atoms with Gasteiger partial charge in [0.15, 0.2) is 0 Å². The van der Waals surface area contributed by atoms with E-state index in [2.05, 4.69) is 15.3 Å². The zero-order chi connectivity index (χ0) is 16.2. The summed E-state index contributed by atoms with van der Waals surface area (Å²) in [6.45, 7) is 6.28. The third kappa shape index (κ3) is 3.72. The van der Waals surface area contributed by atoms with Crippen LogP contribution in [-0.2, 0) is 16.1 Å². The van der Waals surface area contributed by atoms with Crippen LogP contribution in [0.4, 0.5) is 5.69 Å². The van der Waals surface area contributed by atoms with Gasteiger partial charge >= 0.3 is 11.8 Å². The van der Waals surface area contributed by atoms with Gasteiger partial charge in [-0.2, -0.15) is 5.10 Å². The molecule has 2 saturated heterocycles. The number of nitrogens with zero attached hydrogens (tertiary/aromatic N) is 4.